The van der Waals surface area contributed by atoms with Crippen molar-refractivity contribution in [2.24, 2.45) is 23.7 Å². The number of hydrogen-bond donors (Lipinski definition) is 1. The maximum atomic E-state index is 12.6. The van der Waals surface area contributed by atoms with Gasteiger partial charge in [-0.15, -0.1) is 0 Å². The Labute approximate surface area is 193 Å². The summed E-state index contributed by atoms with van der Waals surface area (Å²) in [4.78, 5) is 36.5. The second kappa shape index (κ2) is 8.69. The van der Waals surface area contributed by atoms with Gasteiger partial charge in [0.15, 0.2) is 11.9 Å². The summed E-state index contributed by atoms with van der Waals surface area (Å²) in [6, 6.07) is 3.53. The Morgan fingerprint density at radius 1 is 1.15 bits per heavy atom. The molecule has 5 aliphatic rings. The van der Waals surface area contributed by atoms with Crippen LogP contribution in [0.1, 0.15) is 65.1 Å². The van der Waals surface area contributed by atoms with Crippen LogP contribution in [0.15, 0.2) is 22.8 Å². The fraction of sp³-hybridized carbons (Fsp3) is 0.750. The highest BCUT2D eigenvalue weighted by Gasteiger charge is 2.69. The van der Waals surface area contributed by atoms with E-state index >= 15 is 0 Å². The van der Waals surface area contributed by atoms with Gasteiger partial charge in [-0.2, -0.15) is 0 Å². The number of esters is 1. The lowest BCUT2D eigenvalue weighted by Crippen LogP contribution is -2.70. The van der Waals surface area contributed by atoms with Gasteiger partial charge < -0.3 is 23.9 Å². The number of rotatable bonds is 6. The zero-order valence-electron chi connectivity index (χ0n) is 19.4. The Hall–Kier alpha value is -1.94. The van der Waals surface area contributed by atoms with Gasteiger partial charge in [-0.05, 0) is 50.2 Å². The zero-order valence-corrected chi connectivity index (χ0v) is 19.4. The van der Waals surface area contributed by atoms with Gasteiger partial charge in [-0.3, -0.25) is 9.59 Å². The highest BCUT2D eigenvalue weighted by molar-refractivity contribution is 5.81. The van der Waals surface area contributed by atoms with Gasteiger partial charge in [0.05, 0.1) is 19.2 Å². The average molecular weight is 464 g/mol. The maximum absolute atomic E-state index is 12.6. The molecule has 9 heteroatoms. The molecule has 4 aliphatic heterocycles. The van der Waals surface area contributed by atoms with Crippen molar-refractivity contribution in [3.05, 3.63) is 24.2 Å². The van der Waals surface area contributed by atoms with Gasteiger partial charge in [0.2, 0.25) is 18.0 Å². The van der Waals surface area contributed by atoms with Crippen LogP contribution >= 0.6 is 0 Å². The molecule has 1 spiro atoms. The number of carbonyl (C=O) groups is 2. The first-order valence-electron chi connectivity index (χ1n) is 12.0. The van der Waals surface area contributed by atoms with E-state index in [-0.39, 0.29) is 43.0 Å². The van der Waals surface area contributed by atoms with Crippen LogP contribution in [-0.4, -0.2) is 35.8 Å². The van der Waals surface area contributed by atoms with Gasteiger partial charge >= 0.3 is 5.97 Å². The van der Waals surface area contributed by atoms with E-state index in [1.807, 2.05) is 13.8 Å². The normalized spacial score (nSPS) is 41.7. The topological polar surface area (TPSA) is 105 Å². The first-order valence-corrected chi connectivity index (χ1v) is 12.0. The summed E-state index contributed by atoms with van der Waals surface area (Å²) in [5.41, 5.74) is -0.693. The SMILES string of the molecule is C[C@H]1[C@H](OC(=O)CCC(=O)NCc2ccco2)O[C@H]2O[C@@]3(C)CC[C@H]4[C@@H](C)CC[C@H]1[C@]24OO3. The van der Waals surface area contributed by atoms with E-state index in [0.717, 1.165) is 25.7 Å². The molecule has 1 aromatic rings. The second-order valence-electron chi connectivity index (χ2n) is 10.1. The quantitative estimate of drug-likeness (QED) is 0.505. The van der Waals surface area contributed by atoms with Crippen molar-refractivity contribution in [2.75, 3.05) is 0 Å². The van der Waals surface area contributed by atoms with E-state index in [4.69, 9.17) is 28.4 Å². The van der Waals surface area contributed by atoms with Crippen molar-refractivity contribution in [1.82, 2.24) is 5.32 Å². The smallest absolute Gasteiger partial charge is 0.308 e. The van der Waals surface area contributed by atoms with Crippen LogP contribution in [-0.2, 0) is 40.1 Å². The van der Waals surface area contributed by atoms with Crippen LogP contribution in [0, 0.1) is 23.7 Å². The predicted molar refractivity (Wildman–Crippen MR) is 113 cm³/mol. The van der Waals surface area contributed by atoms with E-state index in [9.17, 15) is 9.59 Å². The molecule has 1 aliphatic carbocycles. The molecular weight excluding hydrogens is 430 g/mol. The molecule has 0 unspecified atom stereocenters. The summed E-state index contributed by atoms with van der Waals surface area (Å²) in [5, 5.41) is 2.73. The lowest BCUT2D eigenvalue weighted by Gasteiger charge is -2.59. The number of fused-ring (bicyclic) bond motifs is 2. The van der Waals surface area contributed by atoms with E-state index in [1.54, 1.807) is 18.4 Å². The Bertz CT molecular complexity index is 874. The molecule has 1 saturated carbocycles. The lowest BCUT2D eigenvalue weighted by molar-refractivity contribution is -0.576. The summed E-state index contributed by atoms with van der Waals surface area (Å²) < 4.78 is 23.4. The average Bonchev–Trinajstić information content (AvgIpc) is 3.21. The molecule has 1 aromatic heterocycles. The highest BCUT2D eigenvalue weighted by atomic mass is 17.3. The summed E-state index contributed by atoms with van der Waals surface area (Å²) in [7, 11) is 0. The molecule has 6 rings (SSSR count). The largest absolute Gasteiger partial charge is 0.467 e. The monoisotopic (exact) mass is 463 g/mol. The fourth-order valence-electron chi connectivity index (χ4n) is 6.10. The molecule has 0 radical (unpaired) electrons. The molecule has 9 nitrogen and oxygen atoms in total. The molecule has 33 heavy (non-hydrogen) atoms. The minimum atomic E-state index is -0.876. The predicted octanol–water partition coefficient (Wildman–Crippen LogP) is 3.43. The Kier molecular flexibility index (Phi) is 6.01. The van der Waals surface area contributed by atoms with Crippen molar-refractivity contribution < 1.29 is 38.0 Å². The van der Waals surface area contributed by atoms with E-state index in [1.165, 1.54) is 0 Å². The molecular formula is C24H33NO8. The molecule has 1 N–H and O–H groups in total. The molecule has 1 amide bonds. The third kappa shape index (κ3) is 4.09. The summed E-state index contributed by atoms with van der Waals surface area (Å²) in [5.74, 6) is -0.239. The Morgan fingerprint density at radius 2 is 2.00 bits per heavy atom. The fourth-order valence-corrected chi connectivity index (χ4v) is 6.10. The lowest BCUT2D eigenvalue weighted by atomic mass is 9.58. The molecule has 2 bridgehead atoms. The third-order valence-corrected chi connectivity index (χ3v) is 7.94. The first-order chi connectivity index (χ1) is 15.8. The van der Waals surface area contributed by atoms with Gasteiger partial charge in [0.1, 0.15) is 5.76 Å². The van der Waals surface area contributed by atoms with Crippen LogP contribution < -0.4 is 5.32 Å². The van der Waals surface area contributed by atoms with Gasteiger partial charge in [0, 0.05) is 24.7 Å². The van der Waals surface area contributed by atoms with E-state index < -0.39 is 29.9 Å². The summed E-state index contributed by atoms with van der Waals surface area (Å²) in [6.07, 6.45) is 3.78. The molecule has 5 heterocycles. The summed E-state index contributed by atoms with van der Waals surface area (Å²) >= 11 is 0. The maximum Gasteiger partial charge on any atom is 0.308 e. The van der Waals surface area contributed by atoms with E-state index in [0.29, 0.717) is 11.7 Å². The molecule has 0 aromatic carbocycles. The van der Waals surface area contributed by atoms with Crippen LogP contribution in [0.5, 0.6) is 0 Å². The summed E-state index contributed by atoms with van der Waals surface area (Å²) in [6.45, 7) is 6.43. The highest BCUT2D eigenvalue weighted by Crippen LogP contribution is 2.60. The number of carbonyl (C=O) groups excluding carboxylic acids is 2. The van der Waals surface area contributed by atoms with Crippen LogP contribution in [0.4, 0.5) is 0 Å². The van der Waals surface area contributed by atoms with Gasteiger partial charge in [-0.1, -0.05) is 13.8 Å². The van der Waals surface area contributed by atoms with E-state index in [2.05, 4.69) is 12.2 Å². The zero-order chi connectivity index (χ0) is 23.2. The molecule has 182 valence electrons. The van der Waals surface area contributed by atoms with Crippen molar-refractivity contribution in [2.45, 2.75) is 89.8 Å². The van der Waals surface area contributed by atoms with Crippen LogP contribution in [0.2, 0.25) is 0 Å². The second-order valence-corrected chi connectivity index (χ2v) is 10.1. The van der Waals surface area contributed by atoms with Crippen molar-refractivity contribution in [1.29, 1.82) is 0 Å². The first kappa shape index (κ1) is 22.8. The van der Waals surface area contributed by atoms with Crippen molar-refractivity contribution in [3.63, 3.8) is 0 Å². The number of nitrogens with one attached hydrogen (secondary N) is 1. The van der Waals surface area contributed by atoms with Crippen molar-refractivity contribution >= 4 is 11.9 Å². The Balaban J connectivity index is 1.22. The minimum Gasteiger partial charge on any atom is -0.467 e. The number of furan rings is 1. The number of amides is 1. The Morgan fingerprint density at radius 3 is 2.79 bits per heavy atom. The minimum absolute atomic E-state index is 0.0303. The molecule has 5 fully saturated rings. The third-order valence-electron chi connectivity index (χ3n) is 7.94. The number of ether oxygens (including phenoxy) is 3. The van der Waals surface area contributed by atoms with Gasteiger partial charge in [-0.25, -0.2) is 9.78 Å². The number of hydrogen-bond acceptors (Lipinski definition) is 8. The molecule has 8 atom stereocenters. The van der Waals surface area contributed by atoms with Crippen molar-refractivity contribution in [3.8, 4) is 0 Å². The molecule has 4 saturated heterocycles. The van der Waals surface area contributed by atoms with Gasteiger partial charge in [0.25, 0.3) is 0 Å². The standard InChI is InChI=1S/C24H33NO8/c1-14-6-7-18-15(2)21(29-20(27)9-8-19(26)25-13-16-5-4-12-28-16)30-22-24(18)17(14)10-11-23(3,31-22)32-33-24/h4-5,12,14-15,17-18,21-22H,6-11,13H2,1-3H3,(H,25,26)/t14-,15+,17-,18+,21+,22-,23+,24-/m0/s1. The van der Waals surface area contributed by atoms with Crippen LogP contribution in [0.3, 0.4) is 0 Å². The van der Waals surface area contributed by atoms with Crippen LogP contribution in [0.25, 0.3) is 0 Å².